The molecule has 0 saturated carbocycles. The Morgan fingerprint density at radius 3 is 2.10 bits per heavy atom. The second-order valence-corrected chi connectivity index (χ2v) is 11.7. The van der Waals surface area contributed by atoms with Crippen LogP contribution in [0.3, 0.4) is 0 Å². The van der Waals surface area contributed by atoms with Gasteiger partial charge in [-0.25, -0.2) is 8.42 Å². The van der Waals surface area contributed by atoms with Crippen LogP contribution in [0.2, 0.25) is 10.0 Å². The van der Waals surface area contributed by atoms with Crippen LogP contribution >= 0.6 is 23.2 Å². The van der Waals surface area contributed by atoms with Gasteiger partial charge >= 0.3 is 0 Å². The molecule has 0 aliphatic heterocycles. The van der Waals surface area contributed by atoms with Crippen molar-refractivity contribution >= 4 is 50.7 Å². The zero-order valence-electron chi connectivity index (χ0n) is 22.9. The number of likely N-dealkylation sites (N-methyl/N-ethyl adjacent to an activating group) is 1. The van der Waals surface area contributed by atoms with Crippen LogP contribution in [0.1, 0.15) is 31.9 Å². The maximum Gasteiger partial charge on any atom is 0.264 e. The summed E-state index contributed by atoms with van der Waals surface area (Å²) in [5.41, 5.74) is 1.60. The summed E-state index contributed by atoms with van der Waals surface area (Å²) in [5, 5.41) is 3.36. The Bertz CT molecular complexity index is 1410. The van der Waals surface area contributed by atoms with E-state index < -0.39 is 34.4 Å². The summed E-state index contributed by atoms with van der Waals surface area (Å²) >= 11 is 12.8. The third-order valence-corrected chi connectivity index (χ3v) is 8.73. The number of rotatable bonds is 12. The van der Waals surface area contributed by atoms with E-state index in [2.05, 4.69) is 5.32 Å². The summed E-state index contributed by atoms with van der Waals surface area (Å²) in [4.78, 5) is 28.1. The van der Waals surface area contributed by atoms with E-state index in [4.69, 9.17) is 27.9 Å². The molecule has 0 saturated heterocycles. The van der Waals surface area contributed by atoms with Crippen LogP contribution in [0.25, 0.3) is 0 Å². The van der Waals surface area contributed by atoms with E-state index in [1.165, 1.54) is 17.0 Å². The fourth-order valence-electron chi connectivity index (χ4n) is 4.00. The van der Waals surface area contributed by atoms with Gasteiger partial charge in [0, 0.05) is 28.7 Å². The van der Waals surface area contributed by atoms with Crippen LogP contribution in [-0.2, 0) is 26.2 Å². The summed E-state index contributed by atoms with van der Waals surface area (Å²) in [6, 6.07) is 16.8. The molecule has 0 bridgehead atoms. The minimum atomic E-state index is -4.18. The van der Waals surface area contributed by atoms with Gasteiger partial charge < -0.3 is 15.0 Å². The topological polar surface area (TPSA) is 96.0 Å². The molecule has 0 aromatic heterocycles. The van der Waals surface area contributed by atoms with Crippen molar-refractivity contribution in [1.29, 1.82) is 0 Å². The quantitative estimate of drug-likeness (QED) is 0.296. The first kappa shape index (κ1) is 31.3. The number of hydrogen-bond donors (Lipinski definition) is 1. The van der Waals surface area contributed by atoms with Gasteiger partial charge in [0.25, 0.3) is 10.0 Å². The molecule has 8 nitrogen and oxygen atoms in total. The molecule has 1 atom stereocenters. The van der Waals surface area contributed by atoms with Gasteiger partial charge in [0.05, 0.1) is 17.2 Å². The average molecular weight is 607 g/mol. The first-order valence-corrected chi connectivity index (χ1v) is 15.0. The summed E-state index contributed by atoms with van der Waals surface area (Å²) in [7, 11) is -4.18. The van der Waals surface area contributed by atoms with Crippen molar-refractivity contribution in [3.63, 3.8) is 0 Å². The Kier molecular flexibility index (Phi) is 10.8. The molecule has 0 fully saturated rings. The van der Waals surface area contributed by atoms with Crippen LogP contribution in [0.5, 0.6) is 5.75 Å². The number of benzene rings is 3. The monoisotopic (exact) mass is 605 g/mol. The summed E-state index contributed by atoms with van der Waals surface area (Å²) in [6.07, 6.45) is 0. The van der Waals surface area contributed by atoms with Gasteiger partial charge in [-0.05, 0) is 76.2 Å². The number of aryl methyl sites for hydroxylation is 1. The van der Waals surface area contributed by atoms with Gasteiger partial charge in [-0.1, -0.05) is 47.0 Å². The Hall–Kier alpha value is -3.27. The molecule has 1 N–H and O–H groups in total. The lowest BCUT2D eigenvalue weighted by Gasteiger charge is -2.32. The molecule has 2 amide bonds. The van der Waals surface area contributed by atoms with Gasteiger partial charge in [0.2, 0.25) is 11.8 Å². The Labute approximate surface area is 245 Å². The minimum Gasteiger partial charge on any atom is -0.494 e. The number of carbonyl (C=O) groups is 2. The van der Waals surface area contributed by atoms with Crippen LogP contribution in [0, 0.1) is 6.92 Å². The molecule has 1 unspecified atom stereocenters. The Balaban J connectivity index is 2.06. The van der Waals surface area contributed by atoms with Gasteiger partial charge in [-0.15, -0.1) is 0 Å². The average Bonchev–Trinajstić information content (AvgIpc) is 2.92. The number of sulfonamides is 1. The molecule has 3 aromatic carbocycles. The van der Waals surface area contributed by atoms with E-state index >= 15 is 0 Å². The number of nitrogens with one attached hydrogen (secondary N) is 1. The summed E-state index contributed by atoms with van der Waals surface area (Å²) < 4.78 is 34.3. The van der Waals surface area contributed by atoms with Gasteiger partial charge in [0.1, 0.15) is 18.3 Å². The van der Waals surface area contributed by atoms with Crippen LogP contribution < -0.4 is 14.4 Å². The minimum absolute atomic E-state index is 0.0252. The molecule has 0 aliphatic rings. The number of halogens is 2. The summed E-state index contributed by atoms with van der Waals surface area (Å²) in [6.45, 7) is 7.17. The highest BCUT2D eigenvalue weighted by atomic mass is 35.5. The van der Waals surface area contributed by atoms with Crippen LogP contribution in [0.15, 0.2) is 71.6 Å². The third kappa shape index (κ3) is 7.47. The van der Waals surface area contributed by atoms with Crippen molar-refractivity contribution in [2.75, 3.05) is 24.0 Å². The highest BCUT2D eigenvalue weighted by Gasteiger charge is 2.33. The van der Waals surface area contributed by atoms with Gasteiger partial charge in [-0.3, -0.25) is 13.9 Å². The van der Waals surface area contributed by atoms with Crippen molar-refractivity contribution in [3.8, 4) is 5.75 Å². The standard InChI is InChI=1S/C29H33Cl2N3O5S/c1-5-32-29(36)21(4)33(18-25-26(30)8-7-9-27(25)31)28(35)19-34(22-12-14-23(15-13-22)39-6-2)40(37,38)24-16-10-20(3)11-17-24/h7-17,21H,5-6,18-19H2,1-4H3,(H,32,36). The van der Waals surface area contributed by atoms with E-state index in [0.29, 0.717) is 34.5 Å². The number of anilines is 1. The molecular weight excluding hydrogens is 573 g/mol. The predicted molar refractivity (Wildman–Crippen MR) is 158 cm³/mol. The smallest absolute Gasteiger partial charge is 0.264 e. The summed E-state index contributed by atoms with van der Waals surface area (Å²) in [5.74, 6) is -0.447. The Morgan fingerprint density at radius 1 is 0.950 bits per heavy atom. The molecule has 40 heavy (non-hydrogen) atoms. The van der Waals surface area contributed by atoms with Crippen molar-refractivity contribution in [2.45, 2.75) is 45.2 Å². The molecule has 3 rings (SSSR count). The van der Waals surface area contributed by atoms with E-state index in [-0.39, 0.29) is 17.1 Å². The van der Waals surface area contributed by atoms with Gasteiger partial charge in [0.15, 0.2) is 0 Å². The molecule has 0 heterocycles. The maximum absolute atomic E-state index is 13.9. The fourth-order valence-corrected chi connectivity index (χ4v) is 5.93. The lowest BCUT2D eigenvalue weighted by molar-refractivity contribution is -0.139. The van der Waals surface area contributed by atoms with Crippen LogP contribution in [0.4, 0.5) is 5.69 Å². The molecule has 3 aromatic rings. The third-order valence-electron chi connectivity index (χ3n) is 6.23. The largest absolute Gasteiger partial charge is 0.494 e. The fraction of sp³-hybridized carbons (Fsp3) is 0.310. The molecule has 214 valence electrons. The number of carbonyl (C=O) groups excluding carboxylic acids is 2. The van der Waals surface area contributed by atoms with Crippen LogP contribution in [-0.4, -0.2) is 50.9 Å². The second-order valence-electron chi connectivity index (χ2n) is 9.04. The second kappa shape index (κ2) is 13.9. The van der Waals surface area contributed by atoms with Crippen molar-refractivity contribution in [2.24, 2.45) is 0 Å². The van der Waals surface area contributed by atoms with E-state index in [9.17, 15) is 18.0 Å². The normalized spacial score (nSPS) is 11.9. The molecule has 0 aliphatic carbocycles. The number of amides is 2. The zero-order valence-corrected chi connectivity index (χ0v) is 25.2. The molecule has 0 spiro atoms. The molecule has 0 radical (unpaired) electrons. The predicted octanol–water partition coefficient (Wildman–Crippen LogP) is 5.45. The first-order chi connectivity index (χ1) is 19.0. The lowest BCUT2D eigenvalue weighted by Crippen LogP contribution is -2.51. The molecular formula is C29H33Cl2N3O5S. The highest BCUT2D eigenvalue weighted by Crippen LogP contribution is 2.29. The highest BCUT2D eigenvalue weighted by molar-refractivity contribution is 7.92. The maximum atomic E-state index is 13.9. The van der Waals surface area contributed by atoms with E-state index in [1.807, 2.05) is 13.8 Å². The zero-order chi connectivity index (χ0) is 29.4. The lowest BCUT2D eigenvalue weighted by atomic mass is 10.1. The number of hydrogen-bond acceptors (Lipinski definition) is 5. The SMILES string of the molecule is CCNC(=O)C(C)N(Cc1c(Cl)cccc1Cl)C(=O)CN(c1ccc(OCC)cc1)S(=O)(=O)c1ccc(C)cc1. The number of nitrogens with zero attached hydrogens (tertiary/aromatic N) is 2. The van der Waals surface area contributed by atoms with Crippen molar-refractivity contribution < 1.29 is 22.7 Å². The van der Waals surface area contributed by atoms with E-state index in [0.717, 1.165) is 9.87 Å². The van der Waals surface area contributed by atoms with Crippen molar-refractivity contribution in [1.82, 2.24) is 10.2 Å². The van der Waals surface area contributed by atoms with Crippen molar-refractivity contribution in [3.05, 3.63) is 87.9 Å². The van der Waals surface area contributed by atoms with E-state index in [1.54, 1.807) is 68.4 Å². The molecule has 11 heteroatoms. The Morgan fingerprint density at radius 2 is 1.55 bits per heavy atom. The number of ether oxygens (including phenoxy) is 1. The van der Waals surface area contributed by atoms with Gasteiger partial charge in [-0.2, -0.15) is 0 Å². The first-order valence-electron chi connectivity index (χ1n) is 12.8.